The summed E-state index contributed by atoms with van der Waals surface area (Å²) in [5.41, 5.74) is 4.01. The number of para-hydroxylation sites is 2. The van der Waals surface area contributed by atoms with Gasteiger partial charge in [0.15, 0.2) is 5.16 Å². The van der Waals surface area contributed by atoms with Crippen molar-refractivity contribution >= 4 is 45.3 Å². The minimum Gasteiger partial charge on any atom is -0.379 e. The molecule has 0 N–H and O–H groups in total. The molecule has 0 aliphatic rings. The zero-order chi connectivity index (χ0) is 22.7. The van der Waals surface area contributed by atoms with Gasteiger partial charge in [-0.05, 0) is 57.5 Å². The molecular weight excluding hydrogens is 444 g/mol. The minimum atomic E-state index is -0.0694. The molecule has 166 valence electrons. The summed E-state index contributed by atoms with van der Waals surface area (Å²) in [5, 5.41) is 1.76. The Labute approximate surface area is 196 Å². The minimum absolute atomic E-state index is 0.0694. The van der Waals surface area contributed by atoms with E-state index in [9.17, 15) is 4.79 Å². The van der Waals surface area contributed by atoms with Crippen LogP contribution in [0.15, 0.2) is 52.4 Å². The topological polar surface area (TPSA) is 69.9 Å². The van der Waals surface area contributed by atoms with Gasteiger partial charge in [0.05, 0.1) is 39.4 Å². The molecule has 2 aromatic carbocycles. The maximum Gasteiger partial charge on any atom is 0.262 e. The first-order chi connectivity index (χ1) is 15.4. The maximum atomic E-state index is 13.2. The predicted molar refractivity (Wildman–Crippen MR) is 131 cm³/mol. The first-order valence-electron chi connectivity index (χ1n) is 10.6. The lowest BCUT2D eigenvalue weighted by Gasteiger charge is -2.14. The van der Waals surface area contributed by atoms with Crippen LogP contribution in [0.5, 0.6) is 0 Å². The van der Waals surface area contributed by atoms with Crippen LogP contribution >= 0.6 is 23.4 Å². The number of ether oxygens (including phenoxy) is 1. The highest BCUT2D eigenvalue weighted by Crippen LogP contribution is 2.25. The van der Waals surface area contributed by atoms with E-state index in [4.69, 9.17) is 26.3 Å². The van der Waals surface area contributed by atoms with Gasteiger partial charge in [0.25, 0.3) is 5.56 Å². The lowest BCUT2D eigenvalue weighted by atomic mass is 10.2. The quantitative estimate of drug-likeness (QED) is 0.195. The third-order valence-corrected chi connectivity index (χ3v) is 6.26. The number of fused-ring (bicyclic) bond motifs is 2. The summed E-state index contributed by atoms with van der Waals surface area (Å²) in [7, 11) is 0. The van der Waals surface area contributed by atoms with Crippen LogP contribution in [0.3, 0.4) is 0 Å². The molecule has 0 spiro atoms. The van der Waals surface area contributed by atoms with Gasteiger partial charge in [-0.1, -0.05) is 35.5 Å². The summed E-state index contributed by atoms with van der Waals surface area (Å²) < 4.78 is 7.38. The lowest BCUT2D eigenvalue weighted by Crippen LogP contribution is -2.24. The third-order valence-electron chi connectivity index (χ3n) is 5.04. The summed E-state index contributed by atoms with van der Waals surface area (Å²) in [6.45, 7) is 7.08. The van der Waals surface area contributed by atoms with Crippen LogP contribution in [-0.4, -0.2) is 32.2 Å². The van der Waals surface area contributed by atoms with Gasteiger partial charge in [-0.15, -0.1) is 0 Å². The highest BCUT2D eigenvalue weighted by molar-refractivity contribution is 7.98. The third kappa shape index (κ3) is 5.11. The van der Waals surface area contributed by atoms with Crippen molar-refractivity contribution in [2.75, 3.05) is 6.61 Å². The van der Waals surface area contributed by atoms with E-state index in [2.05, 4.69) is 4.98 Å². The van der Waals surface area contributed by atoms with Crippen molar-refractivity contribution in [3.8, 4) is 0 Å². The summed E-state index contributed by atoms with van der Waals surface area (Å²) in [6.07, 6.45) is 0.883. The standard InChI is InChI=1S/C24H25ClN4O2S/c1-15(2)31-12-6-11-29-23(30)18-10-9-17(25)13-21(18)28-24(29)32-14-22-16(3)26-19-7-4-5-8-20(19)27-22/h4-5,7-10,13,15H,6,11-12,14H2,1-3H3. The first-order valence-corrected chi connectivity index (χ1v) is 12.0. The Morgan fingerprint density at radius 2 is 1.81 bits per heavy atom. The summed E-state index contributed by atoms with van der Waals surface area (Å²) in [4.78, 5) is 27.5. The zero-order valence-electron chi connectivity index (χ0n) is 18.3. The van der Waals surface area contributed by atoms with Gasteiger partial charge >= 0.3 is 0 Å². The van der Waals surface area contributed by atoms with Gasteiger partial charge in [-0.25, -0.2) is 15.0 Å². The fraction of sp³-hybridized carbons (Fsp3) is 0.333. The van der Waals surface area contributed by atoms with E-state index in [0.717, 1.165) is 28.8 Å². The molecule has 0 saturated heterocycles. The van der Waals surface area contributed by atoms with Crippen molar-refractivity contribution in [1.82, 2.24) is 19.5 Å². The molecule has 0 aliphatic carbocycles. The molecule has 0 aliphatic heterocycles. The number of aryl methyl sites for hydroxylation is 1. The van der Waals surface area contributed by atoms with Crippen LogP contribution in [0, 0.1) is 6.92 Å². The van der Waals surface area contributed by atoms with Crippen LogP contribution in [0.1, 0.15) is 31.7 Å². The lowest BCUT2D eigenvalue weighted by molar-refractivity contribution is 0.0743. The SMILES string of the molecule is Cc1nc2ccccc2nc1CSc1nc2cc(Cl)ccc2c(=O)n1CCCOC(C)C. The second kappa shape index (κ2) is 9.98. The monoisotopic (exact) mass is 468 g/mol. The zero-order valence-corrected chi connectivity index (χ0v) is 19.9. The number of halogens is 1. The molecule has 0 unspecified atom stereocenters. The van der Waals surface area contributed by atoms with E-state index in [-0.39, 0.29) is 11.7 Å². The maximum absolute atomic E-state index is 13.2. The van der Waals surface area contributed by atoms with E-state index in [1.54, 1.807) is 22.8 Å². The average Bonchev–Trinajstić information content (AvgIpc) is 2.76. The molecule has 32 heavy (non-hydrogen) atoms. The van der Waals surface area contributed by atoms with Crippen molar-refractivity contribution in [2.24, 2.45) is 0 Å². The summed E-state index contributed by atoms with van der Waals surface area (Å²) in [6, 6.07) is 13.0. The predicted octanol–water partition coefficient (Wildman–Crippen LogP) is 5.41. The number of benzene rings is 2. The molecule has 6 nitrogen and oxygen atoms in total. The summed E-state index contributed by atoms with van der Waals surface area (Å²) in [5.74, 6) is 0.560. The average molecular weight is 469 g/mol. The van der Waals surface area contributed by atoms with Crippen molar-refractivity contribution in [3.05, 3.63) is 69.2 Å². The molecule has 0 radical (unpaired) electrons. The molecule has 2 heterocycles. The Bertz CT molecular complexity index is 1320. The van der Waals surface area contributed by atoms with Crippen LogP contribution in [0.4, 0.5) is 0 Å². The molecule has 8 heteroatoms. The molecule has 0 atom stereocenters. The molecule has 4 rings (SSSR count). The summed E-state index contributed by atoms with van der Waals surface area (Å²) >= 11 is 7.64. The highest BCUT2D eigenvalue weighted by atomic mass is 35.5. The first kappa shape index (κ1) is 22.7. The number of rotatable bonds is 8. The van der Waals surface area contributed by atoms with Crippen LogP contribution in [0.25, 0.3) is 21.9 Å². The fourth-order valence-electron chi connectivity index (χ4n) is 3.42. The highest BCUT2D eigenvalue weighted by Gasteiger charge is 2.14. The fourth-order valence-corrected chi connectivity index (χ4v) is 4.62. The number of hydrogen-bond acceptors (Lipinski definition) is 6. The molecule has 4 aromatic rings. The van der Waals surface area contributed by atoms with Crippen molar-refractivity contribution in [3.63, 3.8) is 0 Å². The Kier molecular flexibility index (Phi) is 7.08. The molecule has 0 fully saturated rings. The van der Waals surface area contributed by atoms with Gasteiger partial charge in [0.1, 0.15) is 0 Å². The Balaban J connectivity index is 1.66. The molecule has 0 bridgehead atoms. The van der Waals surface area contributed by atoms with Crippen LogP contribution in [-0.2, 0) is 17.0 Å². The molecule has 0 amide bonds. The number of hydrogen-bond donors (Lipinski definition) is 0. The smallest absolute Gasteiger partial charge is 0.262 e. The Morgan fingerprint density at radius 1 is 1.06 bits per heavy atom. The van der Waals surface area contributed by atoms with E-state index in [1.807, 2.05) is 45.0 Å². The van der Waals surface area contributed by atoms with E-state index >= 15 is 0 Å². The number of nitrogens with zero attached hydrogens (tertiary/aromatic N) is 4. The van der Waals surface area contributed by atoms with Crippen molar-refractivity contribution < 1.29 is 4.74 Å². The van der Waals surface area contributed by atoms with Gasteiger partial charge in [0.2, 0.25) is 0 Å². The normalized spacial score (nSPS) is 11.7. The second-order valence-corrected chi connectivity index (χ2v) is 9.20. The number of aromatic nitrogens is 4. The van der Waals surface area contributed by atoms with Gasteiger partial charge < -0.3 is 4.74 Å². The Hall–Kier alpha value is -2.48. The van der Waals surface area contributed by atoms with Crippen LogP contribution < -0.4 is 5.56 Å². The molecular formula is C24H25ClN4O2S. The Morgan fingerprint density at radius 3 is 2.56 bits per heavy atom. The largest absolute Gasteiger partial charge is 0.379 e. The van der Waals surface area contributed by atoms with Gasteiger partial charge in [-0.2, -0.15) is 0 Å². The molecule has 0 saturated carbocycles. The van der Waals surface area contributed by atoms with E-state index < -0.39 is 0 Å². The van der Waals surface area contributed by atoms with Gasteiger partial charge in [-0.3, -0.25) is 9.36 Å². The number of thioether (sulfide) groups is 1. The van der Waals surface area contributed by atoms with E-state index in [0.29, 0.717) is 40.0 Å². The molecule has 2 aromatic heterocycles. The van der Waals surface area contributed by atoms with Crippen LogP contribution in [0.2, 0.25) is 5.02 Å². The second-order valence-electron chi connectivity index (χ2n) is 7.82. The van der Waals surface area contributed by atoms with Crippen molar-refractivity contribution in [1.29, 1.82) is 0 Å². The van der Waals surface area contributed by atoms with E-state index in [1.165, 1.54) is 11.8 Å². The van der Waals surface area contributed by atoms with Gasteiger partial charge in [0, 0.05) is 23.9 Å². The van der Waals surface area contributed by atoms with Crippen molar-refractivity contribution in [2.45, 2.75) is 50.8 Å².